The third-order valence-corrected chi connectivity index (χ3v) is 3.48. The van der Waals surface area contributed by atoms with Gasteiger partial charge in [-0.2, -0.15) is 0 Å². The van der Waals surface area contributed by atoms with Crippen LogP contribution in [-0.2, 0) is 6.54 Å². The molecular weight excluding hydrogens is 288 g/mol. The Balaban J connectivity index is 1.98. The molecule has 0 bridgehead atoms. The Hall–Kier alpha value is -2.40. The molecule has 1 aromatic carbocycles. The molecule has 5 nitrogen and oxygen atoms in total. The number of rotatable bonds is 7. The molecule has 0 unspecified atom stereocenters. The lowest BCUT2D eigenvalue weighted by Crippen LogP contribution is -2.27. The second-order valence-electron chi connectivity index (χ2n) is 5.81. The molecule has 0 radical (unpaired) electrons. The number of likely N-dealkylation sites (N-methyl/N-ethyl adjacent to an activating group) is 1. The maximum atomic E-state index is 12.5. The Morgan fingerprint density at radius 3 is 2.57 bits per heavy atom. The van der Waals surface area contributed by atoms with E-state index in [1.54, 1.807) is 24.2 Å². The number of nitrogens with zero attached hydrogens (tertiary/aromatic N) is 3. The van der Waals surface area contributed by atoms with Crippen molar-refractivity contribution in [3.05, 3.63) is 59.9 Å². The zero-order chi connectivity index (χ0) is 16.7. The van der Waals surface area contributed by atoms with Crippen LogP contribution in [0, 0.1) is 0 Å². The smallest absolute Gasteiger partial charge is 0.272 e. The predicted molar refractivity (Wildman–Crippen MR) is 93.5 cm³/mol. The van der Waals surface area contributed by atoms with Gasteiger partial charge in [-0.3, -0.25) is 9.78 Å². The molecule has 1 amide bonds. The molecule has 0 saturated heterocycles. The number of anilines is 1. The summed E-state index contributed by atoms with van der Waals surface area (Å²) in [5, 5.41) is 3.31. The summed E-state index contributed by atoms with van der Waals surface area (Å²) in [6.45, 7) is 2.32. The van der Waals surface area contributed by atoms with E-state index in [1.807, 2.05) is 50.5 Å². The van der Waals surface area contributed by atoms with Crippen LogP contribution in [0.25, 0.3) is 0 Å². The molecule has 5 heteroatoms. The van der Waals surface area contributed by atoms with Gasteiger partial charge in [-0.25, -0.2) is 0 Å². The first-order valence-corrected chi connectivity index (χ1v) is 7.70. The molecule has 23 heavy (non-hydrogen) atoms. The highest BCUT2D eigenvalue weighted by molar-refractivity contribution is 5.92. The molecule has 0 saturated carbocycles. The second kappa shape index (κ2) is 8.29. The monoisotopic (exact) mass is 312 g/mol. The number of carbonyl (C=O) groups excluding carboxylic acids is 1. The second-order valence-corrected chi connectivity index (χ2v) is 5.81. The highest BCUT2D eigenvalue weighted by atomic mass is 16.2. The lowest BCUT2D eigenvalue weighted by Gasteiger charge is -2.17. The van der Waals surface area contributed by atoms with Crippen LogP contribution in [0.15, 0.2) is 48.7 Å². The number of carbonyl (C=O) groups is 1. The lowest BCUT2D eigenvalue weighted by molar-refractivity contribution is 0.0779. The fourth-order valence-electron chi connectivity index (χ4n) is 2.21. The molecule has 0 aliphatic rings. The zero-order valence-electron chi connectivity index (χ0n) is 14.0. The van der Waals surface area contributed by atoms with Gasteiger partial charge in [0.15, 0.2) is 0 Å². The lowest BCUT2D eigenvalue weighted by atomic mass is 10.2. The van der Waals surface area contributed by atoms with Gasteiger partial charge >= 0.3 is 0 Å². The van der Waals surface area contributed by atoms with Crippen LogP contribution >= 0.6 is 0 Å². The van der Waals surface area contributed by atoms with Gasteiger partial charge in [-0.15, -0.1) is 0 Å². The van der Waals surface area contributed by atoms with Crippen LogP contribution in [0.4, 0.5) is 5.69 Å². The van der Waals surface area contributed by atoms with E-state index < -0.39 is 0 Å². The number of aromatic nitrogens is 1. The van der Waals surface area contributed by atoms with Crippen molar-refractivity contribution in [2.75, 3.05) is 39.5 Å². The van der Waals surface area contributed by atoms with E-state index in [9.17, 15) is 4.79 Å². The van der Waals surface area contributed by atoms with Gasteiger partial charge in [-0.05, 0) is 31.8 Å². The molecule has 0 aliphatic heterocycles. The van der Waals surface area contributed by atoms with Crippen molar-refractivity contribution in [2.45, 2.75) is 6.54 Å². The van der Waals surface area contributed by atoms with E-state index >= 15 is 0 Å². The van der Waals surface area contributed by atoms with E-state index in [2.05, 4.69) is 15.2 Å². The molecule has 0 aliphatic carbocycles. The first-order chi connectivity index (χ1) is 11.1. The van der Waals surface area contributed by atoms with Crippen LogP contribution in [-0.4, -0.2) is 54.9 Å². The van der Waals surface area contributed by atoms with E-state index in [0.717, 1.165) is 24.3 Å². The van der Waals surface area contributed by atoms with Gasteiger partial charge in [0.1, 0.15) is 5.69 Å². The summed E-state index contributed by atoms with van der Waals surface area (Å²) in [4.78, 5) is 20.5. The van der Waals surface area contributed by atoms with E-state index in [4.69, 9.17) is 0 Å². The third kappa shape index (κ3) is 5.38. The summed E-state index contributed by atoms with van der Waals surface area (Å²) < 4.78 is 0. The number of amides is 1. The predicted octanol–water partition coefficient (Wildman–Crippen LogP) is 2.33. The summed E-state index contributed by atoms with van der Waals surface area (Å²) in [5.74, 6) is -0.0786. The van der Waals surface area contributed by atoms with Crippen LogP contribution in [0.2, 0.25) is 0 Å². The Morgan fingerprint density at radius 1 is 1.13 bits per heavy atom. The quantitative estimate of drug-likeness (QED) is 0.852. The summed E-state index contributed by atoms with van der Waals surface area (Å²) >= 11 is 0. The van der Waals surface area contributed by atoms with Gasteiger partial charge in [0.25, 0.3) is 5.91 Å². The zero-order valence-corrected chi connectivity index (χ0v) is 14.0. The van der Waals surface area contributed by atoms with Gasteiger partial charge in [-0.1, -0.05) is 30.3 Å². The summed E-state index contributed by atoms with van der Waals surface area (Å²) in [6.07, 6.45) is 1.67. The average molecular weight is 312 g/mol. The molecule has 2 rings (SSSR count). The van der Waals surface area contributed by atoms with Crippen LogP contribution in [0.1, 0.15) is 16.1 Å². The van der Waals surface area contributed by atoms with Crippen LogP contribution in [0.3, 0.4) is 0 Å². The molecule has 1 aromatic heterocycles. The molecule has 122 valence electrons. The van der Waals surface area contributed by atoms with Crippen molar-refractivity contribution in [1.29, 1.82) is 0 Å². The minimum absolute atomic E-state index is 0.0786. The number of nitrogens with one attached hydrogen (secondary N) is 1. The molecule has 1 N–H and O–H groups in total. The topological polar surface area (TPSA) is 48.5 Å². The maximum absolute atomic E-state index is 12.5. The van der Waals surface area contributed by atoms with Crippen molar-refractivity contribution in [3.63, 3.8) is 0 Å². The van der Waals surface area contributed by atoms with Gasteiger partial charge in [0, 0.05) is 38.6 Å². The van der Waals surface area contributed by atoms with E-state index in [-0.39, 0.29) is 5.91 Å². The van der Waals surface area contributed by atoms with Crippen molar-refractivity contribution in [1.82, 2.24) is 14.8 Å². The Kier molecular flexibility index (Phi) is 6.11. The largest absolute Gasteiger partial charge is 0.384 e. The number of pyridine rings is 1. The van der Waals surface area contributed by atoms with Crippen molar-refractivity contribution in [2.24, 2.45) is 0 Å². The Labute approximate surface area is 137 Å². The number of benzene rings is 1. The van der Waals surface area contributed by atoms with Crippen molar-refractivity contribution < 1.29 is 4.79 Å². The first-order valence-electron chi connectivity index (χ1n) is 7.70. The summed E-state index contributed by atoms with van der Waals surface area (Å²) in [5.41, 5.74) is 2.47. The van der Waals surface area contributed by atoms with E-state index in [1.165, 1.54) is 0 Å². The van der Waals surface area contributed by atoms with Gasteiger partial charge < -0.3 is 15.1 Å². The SMILES string of the molecule is CN(C)CCNc1ccnc(C(=O)N(C)Cc2ccccc2)c1. The first kappa shape index (κ1) is 17.0. The Morgan fingerprint density at radius 2 is 1.87 bits per heavy atom. The fraction of sp³-hybridized carbons (Fsp3) is 0.333. The highest BCUT2D eigenvalue weighted by Gasteiger charge is 2.13. The standard InChI is InChI=1S/C18H24N4O/c1-21(2)12-11-19-16-9-10-20-17(13-16)18(23)22(3)14-15-7-5-4-6-8-15/h4-10,13H,11-12,14H2,1-3H3,(H,19,20). The minimum Gasteiger partial charge on any atom is -0.384 e. The molecule has 0 atom stereocenters. The number of hydrogen-bond donors (Lipinski definition) is 1. The number of hydrogen-bond acceptors (Lipinski definition) is 4. The maximum Gasteiger partial charge on any atom is 0.272 e. The summed E-state index contributed by atoms with van der Waals surface area (Å²) in [6, 6.07) is 13.6. The van der Waals surface area contributed by atoms with E-state index in [0.29, 0.717) is 12.2 Å². The molecule has 2 aromatic rings. The normalized spacial score (nSPS) is 10.6. The van der Waals surface area contributed by atoms with Gasteiger partial charge in [0.2, 0.25) is 0 Å². The minimum atomic E-state index is -0.0786. The third-order valence-electron chi connectivity index (χ3n) is 3.48. The highest BCUT2D eigenvalue weighted by Crippen LogP contribution is 2.11. The van der Waals surface area contributed by atoms with Gasteiger partial charge in [0.05, 0.1) is 0 Å². The van der Waals surface area contributed by atoms with Crippen LogP contribution in [0.5, 0.6) is 0 Å². The molecular formula is C18H24N4O. The molecule has 0 spiro atoms. The fourth-order valence-corrected chi connectivity index (χ4v) is 2.21. The van der Waals surface area contributed by atoms with Crippen LogP contribution < -0.4 is 5.32 Å². The van der Waals surface area contributed by atoms with Crippen molar-refractivity contribution >= 4 is 11.6 Å². The molecule has 0 fully saturated rings. The molecule has 1 heterocycles. The average Bonchev–Trinajstić information content (AvgIpc) is 2.55. The van der Waals surface area contributed by atoms with Crippen molar-refractivity contribution in [3.8, 4) is 0 Å². The Bertz CT molecular complexity index is 628. The summed E-state index contributed by atoms with van der Waals surface area (Å²) in [7, 11) is 5.85.